The Hall–Kier alpha value is -0.990. The number of hydrogen-bond donors (Lipinski definition) is 1. The van der Waals surface area contributed by atoms with Crippen LogP contribution >= 0.6 is 11.6 Å². The van der Waals surface area contributed by atoms with E-state index in [1.807, 2.05) is 12.1 Å². The first-order valence-corrected chi connectivity index (χ1v) is 7.42. The summed E-state index contributed by atoms with van der Waals surface area (Å²) in [7, 11) is 2.19. The average Bonchev–Trinajstić information content (AvgIpc) is 2.37. The topological polar surface area (TPSA) is 29.3 Å². The van der Waals surface area contributed by atoms with Gasteiger partial charge in [0.2, 0.25) is 0 Å². The highest BCUT2D eigenvalue weighted by Crippen LogP contribution is 2.32. The standard InChI is InChI=1S/C16H23ClN2/c1-19-11-13(6-4-2-3-5-9-18)16-8-7-15(17)10-14(16)12-19/h5,7-10,13H,2-4,6,11-12,18H2,1H3/b9-5-/t13-/m1/s1. The summed E-state index contributed by atoms with van der Waals surface area (Å²) in [5, 5.41) is 0.848. The van der Waals surface area contributed by atoms with E-state index in [1.165, 1.54) is 30.4 Å². The fourth-order valence-electron chi connectivity index (χ4n) is 2.94. The van der Waals surface area contributed by atoms with E-state index in [1.54, 1.807) is 6.20 Å². The van der Waals surface area contributed by atoms with Crippen molar-refractivity contribution in [1.29, 1.82) is 0 Å². The van der Waals surface area contributed by atoms with Crippen LogP contribution in [-0.4, -0.2) is 18.5 Å². The van der Waals surface area contributed by atoms with Gasteiger partial charge in [-0.3, -0.25) is 0 Å². The quantitative estimate of drug-likeness (QED) is 0.828. The molecule has 0 spiro atoms. The van der Waals surface area contributed by atoms with Gasteiger partial charge in [0, 0.05) is 18.1 Å². The normalized spacial score (nSPS) is 19.8. The summed E-state index contributed by atoms with van der Waals surface area (Å²) in [5.41, 5.74) is 8.24. The maximum atomic E-state index is 6.10. The summed E-state index contributed by atoms with van der Waals surface area (Å²) in [6.07, 6.45) is 8.50. The predicted molar refractivity (Wildman–Crippen MR) is 82.3 cm³/mol. The zero-order chi connectivity index (χ0) is 13.7. The fraction of sp³-hybridized carbons (Fsp3) is 0.500. The number of likely N-dealkylation sites (N-methyl/N-ethyl adjacent to an activating group) is 1. The van der Waals surface area contributed by atoms with Crippen LogP contribution in [0, 0.1) is 0 Å². The van der Waals surface area contributed by atoms with E-state index in [9.17, 15) is 0 Å². The third-order valence-electron chi connectivity index (χ3n) is 3.83. The molecule has 1 aromatic rings. The lowest BCUT2D eigenvalue weighted by molar-refractivity contribution is 0.272. The number of fused-ring (bicyclic) bond motifs is 1. The van der Waals surface area contributed by atoms with Gasteiger partial charge in [0.25, 0.3) is 0 Å². The molecule has 0 aliphatic carbocycles. The van der Waals surface area contributed by atoms with Gasteiger partial charge < -0.3 is 10.6 Å². The van der Waals surface area contributed by atoms with Crippen molar-refractivity contribution in [3.63, 3.8) is 0 Å². The highest BCUT2D eigenvalue weighted by Gasteiger charge is 2.22. The van der Waals surface area contributed by atoms with Gasteiger partial charge in [-0.1, -0.05) is 30.2 Å². The number of hydrogen-bond acceptors (Lipinski definition) is 2. The number of benzene rings is 1. The minimum absolute atomic E-state index is 0.646. The first kappa shape index (κ1) is 14.4. The van der Waals surface area contributed by atoms with Crippen LogP contribution in [0.1, 0.15) is 42.7 Å². The van der Waals surface area contributed by atoms with Gasteiger partial charge in [0.1, 0.15) is 0 Å². The number of nitrogens with zero attached hydrogens (tertiary/aromatic N) is 1. The van der Waals surface area contributed by atoms with E-state index in [0.717, 1.165) is 24.5 Å². The van der Waals surface area contributed by atoms with Crippen molar-refractivity contribution in [1.82, 2.24) is 4.90 Å². The molecule has 0 radical (unpaired) electrons. The molecule has 0 bridgehead atoms. The molecule has 1 atom stereocenters. The minimum atomic E-state index is 0.646. The van der Waals surface area contributed by atoms with E-state index in [0.29, 0.717) is 5.92 Å². The van der Waals surface area contributed by atoms with Crippen molar-refractivity contribution in [2.75, 3.05) is 13.6 Å². The summed E-state index contributed by atoms with van der Waals surface area (Å²) in [6, 6.07) is 6.36. The van der Waals surface area contributed by atoms with Crippen molar-refractivity contribution in [2.45, 2.75) is 38.1 Å². The molecule has 19 heavy (non-hydrogen) atoms. The van der Waals surface area contributed by atoms with E-state index in [2.05, 4.69) is 24.1 Å². The summed E-state index contributed by atoms with van der Waals surface area (Å²) in [4.78, 5) is 2.39. The third-order valence-corrected chi connectivity index (χ3v) is 4.06. The Kier molecular flexibility index (Phi) is 5.29. The van der Waals surface area contributed by atoms with Gasteiger partial charge in [0.05, 0.1) is 0 Å². The molecule has 0 fully saturated rings. The average molecular weight is 279 g/mol. The van der Waals surface area contributed by atoms with Gasteiger partial charge in [-0.15, -0.1) is 0 Å². The minimum Gasteiger partial charge on any atom is -0.405 e. The number of unbranched alkanes of at least 4 members (excludes halogenated alkanes) is 2. The Bertz CT molecular complexity index is 442. The Morgan fingerprint density at radius 1 is 1.42 bits per heavy atom. The summed E-state index contributed by atoms with van der Waals surface area (Å²) < 4.78 is 0. The van der Waals surface area contributed by atoms with Gasteiger partial charge in [-0.05, 0) is 61.7 Å². The molecule has 1 heterocycles. The summed E-state index contributed by atoms with van der Waals surface area (Å²) in [6.45, 7) is 2.17. The number of halogens is 1. The van der Waals surface area contributed by atoms with E-state index in [4.69, 9.17) is 17.3 Å². The third kappa shape index (κ3) is 3.99. The van der Waals surface area contributed by atoms with Crippen LogP contribution in [0.25, 0.3) is 0 Å². The Morgan fingerprint density at radius 2 is 2.26 bits per heavy atom. The SMILES string of the molecule is CN1Cc2cc(Cl)ccc2[C@H](CCCC/C=C\N)C1. The van der Waals surface area contributed by atoms with Gasteiger partial charge in [-0.2, -0.15) is 0 Å². The van der Waals surface area contributed by atoms with E-state index in [-0.39, 0.29) is 0 Å². The smallest absolute Gasteiger partial charge is 0.0409 e. The van der Waals surface area contributed by atoms with Crippen LogP contribution in [0.15, 0.2) is 30.5 Å². The highest BCUT2D eigenvalue weighted by molar-refractivity contribution is 6.30. The predicted octanol–water partition coefficient (Wildman–Crippen LogP) is 3.90. The lowest BCUT2D eigenvalue weighted by Crippen LogP contribution is -2.30. The van der Waals surface area contributed by atoms with Crippen molar-refractivity contribution < 1.29 is 0 Å². The molecule has 104 valence electrons. The van der Waals surface area contributed by atoms with Crippen molar-refractivity contribution >= 4 is 11.6 Å². The largest absolute Gasteiger partial charge is 0.405 e. The maximum absolute atomic E-state index is 6.10. The molecule has 3 heteroatoms. The lowest BCUT2D eigenvalue weighted by atomic mass is 9.86. The molecule has 0 saturated heterocycles. The maximum Gasteiger partial charge on any atom is 0.0409 e. The Balaban J connectivity index is 1.98. The fourth-order valence-corrected chi connectivity index (χ4v) is 3.13. The molecule has 0 aromatic heterocycles. The van der Waals surface area contributed by atoms with Crippen LogP contribution in [0.5, 0.6) is 0 Å². The van der Waals surface area contributed by atoms with Crippen LogP contribution in [0.4, 0.5) is 0 Å². The Morgan fingerprint density at radius 3 is 3.05 bits per heavy atom. The highest BCUT2D eigenvalue weighted by atomic mass is 35.5. The van der Waals surface area contributed by atoms with Crippen LogP contribution in [0.3, 0.4) is 0 Å². The van der Waals surface area contributed by atoms with Crippen molar-refractivity contribution in [3.8, 4) is 0 Å². The van der Waals surface area contributed by atoms with Gasteiger partial charge in [-0.25, -0.2) is 0 Å². The molecule has 1 aliphatic rings. The molecule has 2 nitrogen and oxygen atoms in total. The molecule has 1 aliphatic heterocycles. The second-order valence-electron chi connectivity index (χ2n) is 5.45. The number of rotatable bonds is 5. The molecule has 0 amide bonds. The zero-order valence-electron chi connectivity index (χ0n) is 11.6. The molecule has 1 aromatic carbocycles. The van der Waals surface area contributed by atoms with Crippen LogP contribution < -0.4 is 5.73 Å². The van der Waals surface area contributed by atoms with Crippen LogP contribution in [-0.2, 0) is 6.54 Å². The van der Waals surface area contributed by atoms with Crippen molar-refractivity contribution in [2.24, 2.45) is 5.73 Å². The molecule has 2 rings (SSSR count). The van der Waals surface area contributed by atoms with Gasteiger partial charge in [0.15, 0.2) is 0 Å². The number of allylic oxidation sites excluding steroid dienone is 1. The summed E-state index contributed by atoms with van der Waals surface area (Å²) in [5.74, 6) is 0.646. The zero-order valence-corrected chi connectivity index (χ0v) is 12.4. The first-order chi connectivity index (χ1) is 9.20. The second-order valence-corrected chi connectivity index (χ2v) is 5.89. The van der Waals surface area contributed by atoms with E-state index >= 15 is 0 Å². The molecule has 0 saturated carbocycles. The first-order valence-electron chi connectivity index (χ1n) is 7.04. The molecular weight excluding hydrogens is 256 g/mol. The van der Waals surface area contributed by atoms with Gasteiger partial charge >= 0.3 is 0 Å². The van der Waals surface area contributed by atoms with Crippen molar-refractivity contribution in [3.05, 3.63) is 46.6 Å². The molecular formula is C16H23ClN2. The second kappa shape index (κ2) is 6.97. The van der Waals surface area contributed by atoms with E-state index < -0.39 is 0 Å². The molecule has 0 unspecified atom stereocenters. The lowest BCUT2D eigenvalue weighted by Gasteiger charge is -2.32. The molecule has 2 N–H and O–H groups in total. The number of nitrogens with two attached hydrogens (primary N) is 1. The Labute approximate surface area is 121 Å². The van der Waals surface area contributed by atoms with Crippen LogP contribution in [0.2, 0.25) is 5.02 Å². The summed E-state index contributed by atoms with van der Waals surface area (Å²) >= 11 is 6.10. The monoisotopic (exact) mass is 278 g/mol.